The van der Waals surface area contributed by atoms with Crippen molar-refractivity contribution in [1.82, 2.24) is 4.90 Å². The zero-order valence-electron chi connectivity index (χ0n) is 10.6. The third-order valence-corrected chi connectivity index (χ3v) is 3.04. The van der Waals surface area contributed by atoms with Crippen molar-refractivity contribution >= 4 is 23.6 Å². The highest BCUT2D eigenvalue weighted by Crippen LogP contribution is 2.30. The van der Waals surface area contributed by atoms with E-state index in [9.17, 15) is 27.2 Å². The van der Waals surface area contributed by atoms with E-state index in [-0.39, 0.29) is 6.54 Å². The largest absolute Gasteiger partial charge is 0.480 e. The van der Waals surface area contributed by atoms with Gasteiger partial charge in [0.15, 0.2) is 0 Å². The minimum absolute atomic E-state index is 0.205. The van der Waals surface area contributed by atoms with Gasteiger partial charge < -0.3 is 10.0 Å². The lowest BCUT2D eigenvalue weighted by atomic mass is 10.2. The molecule has 1 aromatic rings. The number of amides is 1. The summed E-state index contributed by atoms with van der Waals surface area (Å²) in [6, 6.07) is 4.88. The van der Waals surface area contributed by atoms with Gasteiger partial charge in [-0.1, -0.05) is 12.1 Å². The van der Waals surface area contributed by atoms with Gasteiger partial charge in [-0.05, 0) is 29.5 Å². The summed E-state index contributed by atoms with van der Waals surface area (Å²) in [6.45, 7) is -0.932. The Morgan fingerprint density at radius 1 is 1.19 bits per heavy atom. The maximum absolute atomic E-state index is 12.7. The molecule has 0 unspecified atom stereocenters. The molecule has 1 rings (SSSR count). The van der Waals surface area contributed by atoms with Gasteiger partial charge in [-0.25, -0.2) is 4.39 Å². The molecule has 0 saturated heterocycles. The Hall–Kier alpha value is -1.77. The number of carbonyl (C=O) groups excluding carboxylic acids is 1. The van der Waals surface area contributed by atoms with Crippen LogP contribution in [0.1, 0.15) is 5.56 Å². The fourth-order valence-corrected chi connectivity index (χ4v) is 1.91. The number of halogens is 4. The summed E-state index contributed by atoms with van der Waals surface area (Å²) >= 11 is -0.534. The van der Waals surface area contributed by atoms with Gasteiger partial charge in [0, 0.05) is 6.54 Å². The molecule has 0 aliphatic rings. The minimum Gasteiger partial charge on any atom is -0.480 e. The third kappa shape index (κ3) is 6.98. The van der Waals surface area contributed by atoms with Crippen molar-refractivity contribution < 1.29 is 32.3 Å². The second-order valence-electron chi connectivity index (χ2n) is 4.00. The molecule has 1 amide bonds. The van der Waals surface area contributed by atoms with Crippen molar-refractivity contribution in [3.05, 3.63) is 35.6 Å². The smallest absolute Gasteiger partial charge is 0.442 e. The van der Waals surface area contributed by atoms with Crippen molar-refractivity contribution in [2.75, 3.05) is 12.3 Å². The van der Waals surface area contributed by atoms with E-state index in [1.165, 1.54) is 12.1 Å². The van der Waals surface area contributed by atoms with E-state index in [1.54, 1.807) is 0 Å². The van der Waals surface area contributed by atoms with Crippen molar-refractivity contribution in [3.8, 4) is 0 Å². The van der Waals surface area contributed by atoms with Crippen molar-refractivity contribution in [3.63, 3.8) is 0 Å². The van der Waals surface area contributed by atoms with Crippen LogP contribution in [0.3, 0.4) is 0 Å². The normalized spacial score (nSPS) is 11.2. The van der Waals surface area contributed by atoms with Gasteiger partial charge in [-0.3, -0.25) is 9.59 Å². The molecule has 0 aliphatic heterocycles. The van der Waals surface area contributed by atoms with Crippen LogP contribution in [0.4, 0.5) is 17.6 Å². The van der Waals surface area contributed by atoms with Gasteiger partial charge in [-0.15, -0.1) is 0 Å². The fourth-order valence-electron chi connectivity index (χ4n) is 1.44. The molecule has 0 heterocycles. The number of hydrogen-bond donors (Lipinski definition) is 1. The van der Waals surface area contributed by atoms with Crippen molar-refractivity contribution in [2.24, 2.45) is 0 Å². The molecule has 0 bridgehead atoms. The van der Waals surface area contributed by atoms with Gasteiger partial charge in [0.25, 0.3) is 0 Å². The Morgan fingerprint density at radius 2 is 1.76 bits per heavy atom. The van der Waals surface area contributed by atoms with Crippen LogP contribution < -0.4 is 0 Å². The summed E-state index contributed by atoms with van der Waals surface area (Å²) < 4.78 is 48.9. The Balaban J connectivity index is 2.72. The summed E-state index contributed by atoms with van der Waals surface area (Å²) in [7, 11) is 0. The first-order valence-corrected chi connectivity index (χ1v) is 6.60. The van der Waals surface area contributed by atoms with E-state index in [4.69, 9.17) is 5.11 Å². The third-order valence-electron chi connectivity index (χ3n) is 2.32. The van der Waals surface area contributed by atoms with Crippen LogP contribution in [0.25, 0.3) is 0 Å². The zero-order chi connectivity index (χ0) is 16.0. The fraction of sp³-hybridized carbons (Fsp3) is 0.333. The number of aliphatic carboxylic acids is 1. The molecule has 9 heteroatoms. The van der Waals surface area contributed by atoms with Crippen LogP contribution >= 0.6 is 11.8 Å². The molecular formula is C12H11F4NO3S. The molecule has 1 N–H and O–H groups in total. The topological polar surface area (TPSA) is 57.6 Å². The summed E-state index contributed by atoms with van der Waals surface area (Å²) in [5, 5.41) is 8.70. The number of carbonyl (C=O) groups is 2. The highest BCUT2D eigenvalue weighted by molar-refractivity contribution is 8.00. The van der Waals surface area contributed by atoms with Crippen LogP contribution in [0.5, 0.6) is 0 Å². The van der Waals surface area contributed by atoms with Crippen molar-refractivity contribution in [2.45, 2.75) is 12.1 Å². The lowest BCUT2D eigenvalue weighted by molar-refractivity contribution is -0.143. The first-order chi connectivity index (χ1) is 9.67. The monoisotopic (exact) mass is 325 g/mol. The standard InChI is InChI=1S/C12H11F4NO3S/c13-9-3-1-8(2-4-9)5-17(6-11(19)20)10(18)7-21-12(14,15)16/h1-4H,5-7H2,(H,19,20). The van der Waals surface area contributed by atoms with Gasteiger partial charge in [0.05, 0.1) is 5.75 Å². The van der Waals surface area contributed by atoms with E-state index >= 15 is 0 Å². The Kier molecular flexibility index (Phi) is 6.01. The predicted octanol–water partition coefficient (Wildman–Crippen LogP) is 2.49. The average molecular weight is 325 g/mol. The second kappa shape index (κ2) is 7.30. The summed E-state index contributed by atoms with van der Waals surface area (Å²) in [5.41, 5.74) is -4.15. The number of carboxylic acids is 1. The quantitative estimate of drug-likeness (QED) is 0.817. The van der Waals surface area contributed by atoms with Gasteiger partial charge in [0.2, 0.25) is 5.91 Å². The summed E-state index contributed by atoms with van der Waals surface area (Å²) in [5.74, 6) is -3.72. The van der Waals surface area contributed by atoms with Gasteiger partial charge >= 0.3 is 11.5 Å². The molecule has 0 fully saturated rings. The van der Waals surface area contributed by atoms with E-state index in [0.717, 1.165) is 17.0 Å². The minimum atomic E-state index is -4.57. The van der Waals surface area contributed by atoms with Crippen molar-refractivity contribution in [1.29, 1.82) is 0 Å². The molecule has 0 radical (unpaired) electrons. The number of thioether (sulfide) groups is 1. The van der Waals surface area contributed by atoms with Crippen LogP contribution in [0.2, 0.25) is 0 Å². The SMILES string of the molecule is O=C(O)CN(Cc1ccc(F)cc1)C(=O)CSC(F)(F)F. The summed E-state index contributed by atoms with van der Waals surface area (Å²) in [6.07, 6.45) is 0. The molecular weight excluding hydrogens is 314 g/mol. The lowest BCUT2D eigenvalue weighted by Crippen LogP contribution is -2.36. The average Bonchev–Trinajstić information content (AvgIpc) is 2.36. The highest BCUT2D eigenvalue weighted by Gasteiger charge is 2.30. The van der Waals surface area contributed by atoms with Crippen LogP contribution in [-0.4, -0.2) is 39.7 Å². The van der Waals surface area contributed by atoms with E-state index in [0.29, 0.717) is 5.56 Å². The molecule has 116 valence electrons. The number of hydrogen-bond acceptors (Lipinski definition) is 3. The molecule has 0 atom stereocenters. The number of benzene rings is 1. The zero-order valence-corrected chi connectivity index (χ0v) is 11.4. The first kappa shape index (κ1) is 17.3. The molecule has 21 heavy (non-hydrogen) atoms. The highest BCUT2D eigenvalue weighted by atomic mass is 32.2. The number of rotatable bonds is 6. The van der Waals surface area contributed by atoms with E-state index < -0.39 is 47.3 Å². The van der Waals surface area contributed by atoms with Gasteiger partial charge in [0.1, 0.15) is 12.4 Å². The van der Waals surface area contributed by atoms with Gasteiger partial charge in [-0.2, -0.15) is 13.2 Å². The maximum atomic E-state index is 12.7. The van der Waals surface area contributed by atoms with Crippen LogP contribution in [-0.2, 0) is 16.1 Å². The molecule has 4 nitrogen and oxygen atoms in total. The molecule has 0 saturated carbocycles. The molecule has 0 aromatic heterocycles. The predicted molar refractivity (Wildman–Crippen MR) is 68.0 cm³/mol. The number of alkyl halides is 3. The maximum Gasteiger partial charge on any atom is 0.442 e. The Labute approximate surface area is 121 Å². The molecule has 0 aliphatic carbocycles. The van der Waals surface area contributed by atoms with Crippen LogP contribution in [0, 0.1) is 5.82 Å². The first-order valence-electron chi connectivity index (χ1n) is 5.62. The Bertz CT molecular complexity index is 504. The van der Waals surface area contributed by atoms with E-state index in [2.05, 4.69) is 0 Å². The lowest BCUT2D eigenvalue weighted by Gasteiger charge is -2.21. The molecule has 1 aromatic carbocycles. The number of nitrogens with zero attached hydrogens (tertiary/aromatic N) is 1. The van der Waals surface area contributed by atoms with E-state index in [1.807, 2.05) is 0 Å². The summed E-state index contributed by atoms with van der Waals surface area (Å²) in [4.78, 5) is 23.1. The Morgan fingerprint density at radius 3 is 2.24 bits per heavy atom. The number of carboxylic acid groups (broad SMARTS) is 1. The van der Waals surface area contributed by atoms with Crippen LogP contribution in [0.15, 0.2) is 24.3 Å². The second-order valence-corrected chi connectivity index (χ2v) is 5.04. The molecule has 0 spiro atoms.